The molecule has 0 saturated heterocycles. The molecule has 0 aromatic rings. The highest BCUT2D eigenvalue weighted by molar-refractivity contribution is 7.47. The molecule has 5 atom stereocenters. The highest BCUT2D eigenvalue weighted by Gasteiger charge is 2.30. The third-order valence-corrected chi connectivity index (χ3v) is 21.9. The number of aliphatic hydroxyl groups is 1. The Morgan fingerprint density at radius 2 is 0.442 bits per heavy atom. The van der Waals surface area contributed by atoms with Crippen LogP contribution in [0.15, 0.2) is 0 Å². The Morgan fingerprint density at radius 3 is 0.654 bits per heavy atom. The fraction of sp³-hybridized carbons (Fsp3) is 0.953. The highest BCUT2D eigenvalue weighted by Crippen LogP contribution is 2.45. The van der Waals surface area contributed by atoms with E-state index in [1.165, 1.54) is 270 Å². The number of hydrogen-bond donors (Lipinski definition) is 3. The number of ether oxygens (including phenoxy) is 4. The molecule has 0 aliphatic carbocycles. The standard InChI is InChI=1S/C85H166O17P2/c1-7-9-11-13-15-17-19-21-23-25-27-28-29-30-32-34-36-38-43-51-57-63-69-84(89)101-80(73-95-82(87)67-61-55-49-42-37-35-33-31-26-24-22-20-18-16-14-12-10-8-2)75-99-103(91,92)97-71-79(86)72-98-104(93,94)100-76-81(74-96-83(88)68-62-56-50-46-45-48-54-60-66-78(5)6)102-85(90)70-64-58-52-44-40-39-41-47-53-59-65-77(3)4/h77-81,86H,7-76H2,1-6H3,(H,91,92)(H,93,94)/t79-,80-,81-/m1/s1. The Balaban J connectivity index is 5.22. The molecule has 17 nitrogen and oxygen atoms in total. The van der Waals surface area contributed by atoms with Gasteiger partial charge in [0.05, 0.1) is 26.4 Å². The molecular formula is C85H166O17P2. The molecule has 0 amide bonds. The average molecular weight is 1520 g/mol. The van der Waals surface area contributed by atoms with E-state index in [0.717, 1.165) is 102 Å². The lowest BCUT2D eigenvalue weighted by Crippen LogP contribution is -2.30. The van der Waals surface area contributed by atoms with Crippen LogP contribution in [0.4, 0.5) is 0 Å². The van der Waals surface area contributed by atoms with E-state index in [4.69, 9.17) is 37.0 Å². The minimum Gasteiger partial charge on any atom is -0.462 e. The largest absolute Gasteiger partial charge is 0.472 e. The van der Waals surface area contributed by atoms with Crippen LogP contribution in [0.25, 0.3) is 0 Å². The highest BCUT2D eigenvalue weighted by atomic mass is 31.2. The van der Waals surface area contributed by atoms with Crippen LogP contribution in [0.1, 0.15) is 452 Å². The van der Waals surface area contributed by atoms with Crippen LogP contribution < -0.4 is 0 Å². The van der Waals surface area contributed by atoms with E-state index in [1.807, 2.05) is 0 Å². The maximum Gasteiger partial charge on any atom is 0.472 e. The lowest BCUT2D eigenvalue weighted by molar-refractivity contribution is -0.161. The van der Waals surface area contributed by atoms with Crippen molar-refractivity contribution in [2.45, 2.75) is 471 Å². The van der Waals surface area contributed by atoms with E-state index in [0.29, 0.717) is 25.7 Å². The summed E-state index contributed by atoms with van der Waals surface area (Å²) in [6.07, 6.45) is 68.2. The van der Waals surface area contributed by atoms with Crippen LogP contribution >= 0.6 is 15.6 Å². The van der Waals surface area contributed by atoms with Crippen molar-refractivity contribution in [1.82, 2.24) is 0 Å². The number of hydrogen-bond acceptors (Lipinski definition) is 15. The van der Waals surface area contributed by atoms with Crippen molar-refractivity contribution in [2.75, 3.05) is 39.6 Å². The number of rotatable bonds is 84. The van der Waals surface area contributed by atoms with E-state index >= 15 is 0 Å². The minimum atomic E-state index is -4.97. The predicted molar refractivity (Wildman–Crippen MR) is 428 cm³/mol. The third kappa shape index (κ3) is 78.2. The summed E-state index contributed by atoms with van der Waals surface area (Å²) in [6, 6.07) is 0. The van der Waals surface area contributed by atoms with Crippen molar-refractivity contribution >= 4 is 39.5 Å². The summed E-state index contributed by atoms with van der Waals surface area (Å²) >= 11 is 0. The van der Waals surface area contributed by atoms with Gasteiger partial charge in [-0.3, -0.25) is 37.3 Å². The SMILES string of the molecule is CCCCCCCCCCCCCCCCCCCCCCCCC(=O)O[C@H](COC(=O)CCCCCCCCCCCCCCCCCCCC)COP(=O)(O)OC[C@@H](O)COP(=O)(O)OC[C@@H](COC(=O)CCCCCCCCCCC(C)C)OC(=O)CCCCCCCCCCCCC(C)C. The fourth-order valence-corrected chi connectivity index (χ4v) is 14.8. The normalized spacial score (nSPS) is 13.8. The first-order valence-electron chi connectivity index (χ1n) is 44.0. The van der Waals surface area contributed by atoms with Gasteiger partial charge in [0.1, 0.15) is 19.3 Å². The van der Waals surface area contributed by atoms with Gasteiger partial charge in [0.2, 0.25) is 0 Å². The van der Waals surface area contributed by atoms with Gasteiger partial charge in [0.25, 0.3) is 0 Å². The number of aliphatic hydroxyl groups excluding tert-OH is 1. The molecule has 0 aliphatic heterocycles. The Labute approximate surface area is 638 Å². The number of unbranched alkanes of at least 4 members (excludes halogenated alkanes) is 54. The molecule has 0 heterocycles. The first kappa shape index (κ1) is 102. The van der Waals surface area contributed by atoms with Crippen molar-refractivity contribution in [3.8, 4) is 0 Å². The quantitative estimate of drug-likeness (QED) is 0.0222. The molecule has 618 valence electrons. The molecule has 0 aliphatic rings. The maximum absolute atomic E-state index is 13.1. The zero-order valence-corrected chi connectivity index (χ0v) is 70.1. The molecule has 3 N–H and O–H groups in total. The first-order chi connectivity index (χ1) is 50.4. The van der Waals surface area contributed by atoms with Crippen LogP contribution in [-0.2, 0) is 65.4 Å². The topological polar surface area (TPSA) is 237 Å². The van der Waals surface area contributed by atoms with Gasteiger partial charge in [0, 0.05) is 25.7 Å². The number of phosphoric acid groups is 2. The lowest BCUT2D eigenvalue weighted by Gasteiger charge is -2.21. The van der Waals surface area contributed by atoms with E-state index < -0.39 is 97.5 Å². The lowest BCUT2D eigenvalue weighted by atomic mass is 10.0. The molecular weight excluding hydrogens is 1350 g/mol. The smallest absolute Gasteiger partial charge is 0.462 e. The van der Waals surface area contributed by atoms with Gasteiger partial charge in [-0.25, -0.2) is 9.13 Å². The molecule has 2 unspecified atom stereocenters. The molecule has 104 heavy (non-hydrogen) atoms. The molecule has 0 spiro atoms. The van der Waals surface area contributed by atoms with Gasteiger partial charge in [-0.05, 0) is 37.5 Å². The van der Waals surface area contributed by atoms with Crippen molar-refractivity contribution in [2.24, 2.45) is 11.8 Å². The number of carbonyl (C=O) groups excluding carboxylic acids is 4. The van der Waals surface area contributed by atoms with E-state index in [9.17, 15) is 43.2 Å². The second-order valence-electron chi connectivity index (χ2n) is 31.5. The molecule has 19 heteroatoms. The van der Waals surface area contributed by atoms with Crippen LogP contribution in [-0.4, -0.2) is 96.7 Å². The predicted octanol–water partition coefficient (Wildman–Crippen LogP) is 25.8. The fourth-order valence-electron chi connectivity index (χ4n) is 13.2. The second kappa shape index (κ2) is 76.4. The summed E-state index contributed by atoms with van der Waals surface area (Å²) in [5.74, 6) is -0.628. The average Bonchev–Trinajstić information content (AvgIpc) is 0.911. The van der Waals surface area contributed by atoms with Crippen molar-refractivity contribution in [3.63, 3.8) is 0 Å². The van der Waals surface area contributed by atoms with E-state index in [-0.39, 0.29) is 25.7 Å². The van der Waals surface area contributed by atoms with Crippen LogP contribution in [0, 0.1) is 11.8 Å². The number of phosphoric ester groups is 2. The van der Waals surface area contributed by atoms with Gasteiger partial charge >= 0.3 is 39.5 Å². The summed E-state index contributed by atoms with van der Waals surface area (Å²) in [5, 5.41) is 10.7. The van der Waals surface area contributed by atoms with Crippen LogP contribution in [0.3, 0.4) is 0 Å². The molecule has 0 rings (SSSR count). The summed E-state index contributed by atoms with van der Waals surface area (Å²) in [7, 11) is -9.93. The van der Waals surface area contributed by atoms with Crippen molar-refractivity contribution in [1.29, 1.82) is 0 Å². The molecule has 0 fully saturated rings. The Hall–Kier alpha value is -1.94. The minimum absolute atomic E-state index is 0.106. The zero-order valence-electron chi connectivity index (χ0n) is 68.3. The second-order valence-corrected chi connectivity index (χ2v) is 34.4. The van der Waals surface area contributed by atoms with Gasteiger partial charge in [0.15, 0.2) is 12.2 Å². The van der Waals surface area contributed by atoms with Gasteiger partial charge in [-0.1, -0.05) is 401 Å². The van der Waals surface area contributed by atoms with Gasteiger partial charge in [-0.15, -0.1) is 0 Å². The summed E-state index contributed by atoms with van der Waals surface area (Å²) in [6.45, 7) is 9.61. The maximum atomic E-state index is 13.1. The Bertz CT molecular complexity index is 1990. The van der Waals surface area contributed by atoms with E-state index in [2.05, 4.69) is 41.5 Å². The Morgan fingerprint density at radius 1 is 0.260 bits per heavy atom. The van der Waals surface area contributed by atoms with E-state index in [1.54, 1.807) is 0 Å². The molecule has 0 aromatic carbocycles. The summed E-state index contributed by atoms with van der Waals surface area (Å²) in [5.41, 5.74) is 0. The van der Waals surface area contributed by atoms with Gasteiger partial charge < -0.3 is 33.8 Å². The number of carbonyl (C=O) groups is 4. The first-order valence-corrected chi connectivity index (χ1v) is 47.0. The van der Waals surface area contributed by atoms with Crippen molar-refractivity contribution in [3.05, 3.63) is 0 Å². The monoisotopic (exact) mass is 1520 g/mol. The molecule has 0 radical (unpaired) electrons. The van der Waals surface area contributed by atoms with Crippen LogP contribution in [0.2, 0.25) is 0 Å². The number of esters is 4. The molecule has 0 saturated carbocycles. The van der Waals surface area contributed by atoms with Crippen LogP contribution in [0.5, 0.6) is 0 Å². The zero-order chi connectivity index (χ0) is 76.4. The molecule has 0 bridgehead atoms. The Kier molecular flexibility index (Phi) is 75.0. The summed E-state index contributed by atoms with van der Waals surface area (Å²) < 4.78 is 68.8. The van der Waals surface area contributed by atoms with Crippen molar-refractivity contribution < 1.29 is 80.2 Å². The van der Waals surface area contributed by atoms with Gasteiger partial charge in [-0.2, -0.15) is 0 Å². The summed E-state index contributed by atoms with van der Waals surface area (Å²) in [4.78, 5) is 73.2. The molecule has 0 aromatic heterocycles. The third-order valence-electron chi connectivity index (χ3n) is 20.0.